The molecular formula is C13H24ClN3O3S. The Labute approximate surface area is 132 Å². The number of rotatable bonds is 9. The average molecular weight is 338 g/mol. The van der Waals surface area contributed by atoms with Crippen molar-refractivity contribution in [3.8, 4) is 5.88 Å². The summed E-state index contributed by atoms with van der Waals surface area (Å²) in [6, 6.07) is 2.78. The van der Waals surface area contributed by atoms with E-state index in [1.807, 2.05) is 6.92 Å². The number of hydrogen-bond acceptors (Lipinski definition) is 5. The fourth-order valence-electron chi connectivity index (χ4n) is 1.72. The van der Waals surface area contributed by atoms with Crippen LogP contribution in [0.5, 0.6) is 5.88 Å². The van der Waals surface area contributed by atoms with Gasteiger partial charge in [-0.1, -0.05) is 19.8 Å². The van der Waals surface area contributed by atoms with Gasteiger partial charge >= 0.3 is 0 Å². The first-order valence-corrected chi connectivity index (χ1v) is 8.33. The Balaban J connectivity index is 0.00000400. The van der Waals surface area contributed by atoms with Crippen molar-refractivity contribution in [2.75, 3.05) is 13.2 Å². The fraction of sp³-hybridized carbons (Fsp3) is 0.615. The quantitative estimate of drug-likeness (QED) is 0.715. The molecular weight excluding hydrogens is 314 g/mol. The molecule has 0 aliphatic rings. The van der Waals surface area contributed by atoms with Crippen LogP contribution in [0, 0.1) is 0 Å². The van der Waals surface area contributed by atoms with Gasteiger partial charge in [-0.25, -0.2) is 18.1 Å². The molecule has 1 heterocycles. The van der Waals surface area contributed by atoms with Gasteiger partial charge in [0.25, 0.3) is 0 Å². The predicted molar refractivity (Wildman–Crippen MR) is 85.3 cm³/mol. The Morgan fingerprint density at radius 1 is 1.38 bits per heavy atom. The molecule has 1 atom stereocenters. The summed E-state index contributed by atoms with van der Waals surface area (Å²) in [6.07, 6.45) is 3.96. The highest BCUT2D eigenvalue weighted by Crippen LogP contribution is 2.13. The van der Waals surface area contributed by atoms with Crippen molar-refractivity contribution < 1.29 is 13.2 Å². The molecule has 1 aromatic heterocycles. The molecule has 0 saturated heterocycles. The molecule has 0 bridgehead atoms. The summed E-state index contributed by atoms with van der Waals surface area (Å²) in [4.78, 5) is 4.08. The van der Waals surface area contributed by atoms with Crippen molar-refractivity contribution >= 4 is 22.4 Å². The third kappa shape index (κ3) is 6.60. The number of nitrogens with one attached hydrogen (secondary N) is 1. The Morgan fingerprint density at radius 3 is 2.57 bits per heavy atom. The molecule has 21 heavy (non-hydrogen) atoms. The van der Waals surface area contributed by atoms with Crippen LogP contribution in [-0.4, -0.2) is 32.6 Å². The first kappa shape index (κ1) is 20.1. The molecule has 6 nitrogen and oxygen atoms in total. The smallest absolute Gasteiger partial charge is 0.242 e. The monoisotopic (exact) mass is 337 g/mol. The van der Waals surface area contributed by atoms with Crippen molar-refractivity contribution in [3.63, 3.8) is 0 Å². The second-order valence-electron chi connectivity index (χ2n) is 4.46. The first-order chi connectivity index (χ1) is 9.53. The van der Waals surface area contributed by atoms with Gasteiger partial charge in [-0.05, 0) is 19.4 Å². The van der Waals surface area contributed by atoms with Crippen LogP contribution < -0.4 is 15.2 Å². The minimum atomic E-state index is -3.58. The number of sulfonamides is 1. The summed E-state index contributed by atoms with van der Waals surface area (Å²) in [5.41, 5.74) is 5.60. The number of aromatic nitrogens is 1. The van der Waals surface area contributed by atoms with Gasteiger partial charge in [-0.3, -0.25) is 0 Å². The summed E-state index contributed by atoms with van der Waals surface area (Å²) >= 11 is 0. The van der Waals surface area contributed by atoms with E-state index >= 15 is 0 Å². The van der Waals surface area contributed by atoms with Crippen molar-refractivity contribution in [1.82, 2.24) is 9.71 Å². The lowest BCUT2D eigenvalue weighted by molar-refractivity contribution is 0.326. The standard InChI is InChI=1S/C13H23N3O3S.ClH/c1-3-5-6-11(9-14)16-20(17,18)12-7-8-13(15-10-12)19-4-2;/h7-8,10-11,16H,3-6,9,14H2,1-2H3;1H. The van der Waals surface area contributed by atoms with Gasteiger partial charge in [0.05, 0.1) is 12.8 Å². The zero-order chi connectivity index (χ0) is 15.0. The molecule has 1 unspecified atom stereocenters. The average Bonchev–Trinajstić information content (AvgIpc) is 2.44. The number of halogens is 1. The maximum atomic E-state index is 12.2. The van der Waals surface area contributed by atoms with E-state index in [-0.39, 0.29) is 29.9 Å². The predicted octanol–water partition coefficient (Wildman–Crippen LogP) is 1.70. The van der Waals surface area contributed by atoms with Gasteiger partial charge in [-0.15, -0.1) is 12.4 Å². The molecule has 1 rings (SSSR count). The minimum Gasteiger partial charge on any atom is -0.478 e. The zero-order valence-corrected chi connectivity index (χ0v) is 14.0. The van der Waals surface area contributed by atoms with Crippen LogP contribution in [0.15, 0.2) is 23.2 Å². The summed E-state index contributed by atoms with van der Waals surface area (Å²) < 4.78 is 32.2. The van der Waals surface area contributed by atoms with Gasteiger partial charge in [-0.2, -0.15) is 0 Å². The molecule has 0 spiro atoms. The Bertz CT molecular complexity index is 494. The molecule has 0 aliphatic carbocycles. The normalized spacial score (nSPS) is 12.5. The lowest BCUT2D eigenvalue weighted by Crippen LogP contribution is -2.40. The maximum absolute atomic E-state index is 12.2. The summed E-state index contributed by atoms with van der Waals surface area (Å²) in [5.74, 6) is 0.410. The fourth-order valence-corrected chi connectivity index (χ4v) is 2.95. The van der Waals surface area contributed by atoms with Crippen LogP contribution in [0.2, 0.25) is 0 Å². The topological polar surface area (TPSA) is 94.3 Å². The number of ether oxygens (including phenoxy) is 1. The summed E-state index contributed by atoms with van der Waals surface area (Å²) in [5, 5.41) is 0. The second kappa shape index (κ2) is 9.94. The molecule has 1 aromatic rings. The molecule has 0 amide bonds. The number of unbranched alkanes of at least 4 members (excludes halogenated alkanes) is 1. The third-order valence-corrected chi connectivity index (χ3v) is 4.33. The van der Waals surface area contributed by atoms with Crippen molar-refractivity contribution in [2.45, 2.75) is 44.0 Å². The second-order valence-corrected chi connectivity index (χ2v) is 6.18. The van der Waals surface area contributed by atoms with Crippen molar-refractivity contribution in [1.29, 1.82) is 0 Å². The molecule has 3 N–H and O–H groups in total. The largest absolute Gasteiger partial charge is 0.478 e. The van der Waals surface area contributed by atoms with E-state index in [1.54, 1.807) is 6.07 Å². The molecule has 122 valence electrons. The SMILES string of the molecule is CCCCC(CN)NS(=O)(=O)c1ccc(OCC)nc1.Cl. The highest BCUT2D eigenvalue weighted by Gasteiger charge is 2.19. The number of nitrogens with zero attached hydrogens (tertiary/aromatic N) is 1. The number of hydrogen-bond donors (Lipinski definition) is 2. The lowest BCUT2D eigenvalue weighted by Gasteiger charge is -2.16. The molecule has 0 fully saturated rings. The van der Waals surface area contributed by atoms with E-state index in [2.05, 4.69) is 16.6 Å². The van der Waals surface area contributed by atoms with Gasteiger partial charge < -0.3 is 10.5 Å². The third-order valence-electron chi connectivity index (χ3n) is 2.82. The van der Waals surface area contributed by atoms with Crippen molar-refractivity contribution in [3.05, 3.63) is 18.3 Å². The first-order valence-electron chi connectivity index (χ1n) is 6.84. The van der Waals surface area contributed by atoms with E-state index < -0.39 is 10.0 Å². The Hall–Kier alpha value is -0.890. The van der Waals surface area contributed by atoms with Crippen LogP contribution in [0.25, 0.3) is 0 Å². The minimum absolute atomic E-state index is 0. The summed E-state index contributed by atoms with van der Waals surface area (Å²) in [6.45, 7) is 4.67. The Kier molecular flexibility index (Phi) is 9.52. The van der Waals surface area contributed by atoms with Crippen LogP contribution in [0.4, 0.5) is 0 Å². The lowest BCUT2D eigenvalue weighted by atomic mass is 10.1. The van der Waals surface area contributed by atoms with Crippen LogP contribution >= 0.6 is 12.4 Å². The molecule has 8 heteroatoms. The summed E-state index contributed by atoms with van der Waals surface area (Å²) in [7, 11) is -3.58. The maximum Gasteiger partial charge on any atom is 0.242 e. The highest BCUT2D eigenvalue weighted by molar-refractivity contribution is 7.89. The van der Waals surface area contributed by atoms with Crippen LogP contribution in [0.1, 0.15) is 33.1 Å². The number of nitrogens with two attached hydrogens (primary N) is 1. The molecule has 0 aliphatic heterocycles. The van der Waals surface area contributed by atoms with Crippen LogP contribution in [0.3, 0.4) is 0 Å². The highest BCUT2D eigenvalue weighted by atomic mass is 35.5. The van der Waals surface area contributed by atoms with Gasteiger partial charge in [0.1, 0.15) is 4.90 Å². The Morgan fingerprint density at radius 2 is 2.10 bits per heavy atom. The number of pyridine rings is 1. The molecule has 0 aromatic carbocycles. The van der Waals surface area contributed by atoms with E-state index in [0.29, 0.717) is 12.5 Å². The van der Waals surface area contributed by atoms with Gasteiger partial charge in [0, 0.05) is 18.7 Å². The molecule has 0 saturated carbocycles. The van der Waals surface area contributed by atoms with E-state index in [1.165, 1.54) is 12.3 Å². The zero-order valence-electron chi connectivity index (χ0n) is 12.4. The van der Waals surface area contributed by atoms with E-state index in [4.69, 9.17) is 10.5 Å². The van der Waals surface area contributed by atoms with Gasteiger partial charge in [0.15, 0.2) is 0 Å². The molecule has 0 radical (unpaired) electrons. The van der Waals surface area contributed by atoms with Crippen molar-refractivity contribution in [2.24, 2.45) is 5.73 Å². The van der Waals surface area contributed by atoms with E-state index in [0.717, 1.165) is 19.3 Å². The van der Waals surface area contributed by atoms with E-state index in [9.17, 15) is 8.42 Å². The van der Waals surface area contributed by atoms with Crippen LogP contribution in [-0.2, 0) is 10.0 Å². The van der Waals surface area contributed by atoms with Gasteiger partial charge in [0.2, 0.25) is 15.9 Å².